The fourth-order valence-electron chi connectivity index (χ4n) is 0.951. The second kappa shape index (κ2) is 5.40. The molecule has 0 N–H and O–H groups in total. The van der Waals surface area contributed by atoms with Crippen LogP contribution in [0.3, 0.4) is 0 Å². The summed E-state index contributed by atoms with van der Waals surface area (Å²) in [5.41, 5.74) is 0.598. The Labute approximate surface area is 87.5 Å². The lowest BCUT2D eigenvalue weighted by molar-refractivity contribution is 0.325. The van der Waals surface area contributed by atoms with Crippen LogP contribution in [0.2, 0.25) is 0 Å². The number of ether oxygens (including phenoxy) is 1. The Morgan fingerprint density at radius 2 is 2.43 bits per heavy atom. The van der Waals surface area contributed by atoms with Crippen molar-refractivity contribution in [3.05, 3.63) is 18.1 Å². The first-order valence-corrected chi connectivity index (χ1v) is 4.75. The molecule has 0 aliphatic heterocycles. The molecule has 14 heavy (non-hydrogen) atoms. The monoisotopic (exact) mass is 211 g/mol. The van der Waals surface area contributed by atoms with E-state index in [0.29, 0.717) is 18.2 Å². The molecular formula is C9H10ClN3O. The average molecular weight is 212 g/mol. The third-order valence-electron chi connectivity index (χ3n) is 1.62. The number of halogens is 1. The number of hydrogen-bond donors (Lipinski definition) is 0. The van der Waals surface area contributed by atoms with E-state index >= 15 is 0 Å². The van der Waals surface area contributed by atoms with Gasteiger partial charge >= 0.3 is 0 Å². The Kier molecular flexibility index (Phi) is 4.14. The van der Waals surface area contributed by atoms with E-state index in [1.54, 1.807) is 6.07 Å². The first-order valence-electron chi connectivity index (χ1n) is 4.22. The highest BCUT2D eigenvalue weighted by molar-refractivity contribution is 6.18. The second-order valence-electron chi connectivity index (χ2n) is 2.55. The molecule has 0 aromatic carbocycles. The van der Waals surface area contributed by atoms with Gasteiger partial charge in [-0.2, -0.15) is 5.26 Å². The minimum atomic E-state index is -0.404. The van der Waals surface area contributed by atoms with Gasteiger partial charge in [-0.1, -0.05) is 0 Å². The average Bonchev–Trinajstić information content (AvgIpc) is 2.21. The molecule has 4 nitrogen and oxygen atoms in total. The van der Waals surface area contributed by atoms with E-state index in [4.69, 9.17) is 21.6 Å². The van der Waals surface area contributed by atoms with Gasteiger partial charge < -0.3 is 4.74 Å². The third kappa shape index (κ3) is 2.57. The van der Waals surface area contributed by atoms with E-state index in [9.17, 15) is 0 Å². The van der Waals surface area contributed by atoms with Gasteiger partial charge in [-0.15, -0.1) is 11.6 Å². The molecule has 0 aliphatic rings. The fraction of sp³-hybridized carbons (Fsp3) is 0.444. The van der Waals surface area contributed by atoms with Gasteiger partial charge in [0.25, 0.3) is 0 Å². The smallest absolute Gasteiger partial charge is 0.216 e. The predicted molar refractivity (Wildman–Crippen MR) is 52.3 cm³/mol. The molecule has 0 aliphatic carbocycles. The summed E-state index contributed by atoms with van der Waals surface area (Å²) in [6.07, 6.45) is 1.37. The Balaban J connectivity index is 2.88. The highest BCUT2D eigenvalue weighted by atomic mass is 35.5. The Morgan fingerprint density at radius 3 is 3.00 bits per heavy atom. The molecule has 0 saturated carbocycles. The zero-order valence-electron chi connectivity index (χ0n) is 7.77. The Hall–Kier alpha value is -1.34. The van der Waals surface area contributed by atoms with Gasteiger partial charge in [-0.05, 0) is 6.92 Å². The van der Waals surface area contributed by atoms with Crippen LogP contribution in [0.5, 0.6) is 5.88 Å². The van der Waals surface area contributed by atoms with Crippen LogP contribution in [0, 0.1) is 11.3 Å². The molecule has 0 radical (unpaired) electrons. The summed E-state index contributed by atoms with van der Waals surface area (Å²) in [5, 5.41) is 8.76. The molecule has 0 spiro atoms. The van der Waals surface area contributed by atoms with Crippen molar-refractivity contribution in [2.24, 2.45) is 0 Å². The maximum atomic E-state index is 8.76. The summed E-state index contributed by atoms with van der Waals surface area (Å²) in [5.74, 6) is 0.292. The summed E-state index contributed by atoms with van der Waals surface area (Å²) in [7, 11) is 0. The lowest BCUT2D eigenvalue weighted by Crippen LogP contribution is -2.03. The van der Waals surface area contributed by atoms with Gasteiger partial charge in [0.1, 0.15) is 12.2 Å². The molecule has 0 saturated heterocycles. The van der Waals surface area contributed by atoms with Gasteiger partial charge in [-0.25, -0.2) is 9.97 Å². The van der Waals surface area contributed by atoms with E-state index in [1.807, 2.05) is 6.92 Å². The van der Waals surface area contributed by atoms with Crippen molar-refractivity contribution in [3.8, 4) is 11.9 Å². The van der Waals surface area contributed by atoms with E-state index in [-0.39, 0.29) is 5.88 Å². The number of nitriles is 1. The topological polar surface area (TPSA) is 58.8 Å². The molecule has 1 atom stereocenters. The summed E-state index contributed by atoms with van der Waals surface area (Å²) >= 11 is 5.61. The minimum absolute atomic E-state index is 0.221. The Bertz CT molecular complexity index is 337. The van der Waals surface area contributed by atoms with Crippen molar-refractivity contribution in [1.29, 1.82) is 5.26 Å². The Morgan fingerprint density at radius 1 is 1.64 bits per heavy atom. The molecule has 1 heterocycles. The van der Waals surface area contributed by atoms with Gasteiger partial charge in [0.05, 0.1) is 18.4 Å². The highest BCUT2D eigenvalue weighted by Crippen LogP contribution is 2.17. The number of alkyl halides is 1. The van der Waals surface area contributed by atoms with Crippen molar-refractivity contribution >= 4 is 11.6 Å². The van der Waals surface area contributed by atoms with Gasteiger partial charge in [0, 0.05) is 11.9 Å². The largest absolute Gasteiger partial charge is 0.478 e. The zero-order chi connectivity index (χ0) is 10.4. The molecule has 5 heteroatoms. The van der Waals surface area contributed by atoms with E-state index in [0.717, 1.165) is 0 Å². The van der Waals surface area contributed by atoms with Crippen molar-refractivity contribution < 1.29 is 4.74 Å². The lowest BCUT2D eigenvalue weighted by atomic mass is 10.1. The number of nitrogens with zero attached hydrogens (tertiary/aromatic N) is 3. The van der Waals surface area contributed by atoms with Crippen molar-refractivity contribution in [1.82, 2.24) is 9.97 Å². The van der Waals surface area contributed by atoms with Gasteiger partial charge in [0.15, 0.2) is 0 Å². The summed E-state index contributed by atoms with van der Waals surface area (Å²) in [4.78, 5) is 7.86. The van der Waals surface area contributed by atoms with Crippen LogP contribution in [0.4, 0.5) is 0 Å². The lowest BCUT2D eigenvalue weighted by Gasteiger charge is -2.06. The summed E-state index contributed by atoms with van der Waals surface area (Å²) < 4.78 is 5.18. The van der Waals surface area contributed by atoms with Crippen LogP contribution in [0.1, 0.15) is 18.5 Å². The normalized spacial score (nSPS) is 11.8. The number of rotatable bonds is 4. The SMILES string of the molecule is CCOc1cc(C(C#N)CCl)ncn1. The number of hydrogen-bond acceptors (Lipinski definition) is 4. The number of aromatic nitrogens is 2. The van der Waals surface area contributed by atoms with Gasteiger partial charge in [-0.3, -0.25) is 0 Å². The first kappa shape index (κ1) is 10.7. The molecule has 1 unspecified atom stereocenters. The second-order valence-corrected chi connectivity index (χ2v) is 2.86. The fourth-order valence-corrected chi connectivity index (χ4v) is 1.18. The third-order valence-corrected chi connectivity index (χ3v) is 1.93. The summed E-state index contributed by atoms with van der Waals surface area (Å²) in [6.45, 7) is 2.40. The van der Waals surface area contributed by atoms with Crippen LogP contribution >= 0.6 is 11.6 Å². The predicted octanol–water partition coefficient (Wildman–Crippen LogP) is 1.72. The first-order chi connectivity index (χ1) is 6.81. The summed E-state index contributed by atoms with van der Waals surface area (Å²) in [6, 6.07) is 3.70. The van der Waals surface area contributed by atoms with E-state index in [1.165, 1.54) is 6.33 Å². The molecule has 0 bridgehead atoms. The minimum Gasteiger partial charge on any atom is -0.478 e. The molecule has 1 aromatic heterocycles. The highest BCUT2D eigenvalue weighted by Gasteiger charge is 2.11. The molecule has 0 amide bonds. The maximum Gasteiger partial charge on any atom is 0.216 e. The standard InChI is InChI=1S/C9H10ClN3O/c1-2-14-9-3-8(12-6-13-9)7(4-10)5-11/h3,6-7H,2,4H2,1H3. The van der Waals surface area contributed by atoms with Crippen LogP contribution in [0.25, 0.3) is 0 Å². The molecule has 74 valence electrons. The zero-order valence-corrected chi connectivity index (χ0v) is 8.53. The van der Waals surface area contributed by atoms with Crippen LogP contribution in [-0.4, -0.2) is 22.5 Å². The van der Waals surface area contributed by atoms with Crippen molar-refractivity contribution in [2.75, 3.05) is 12.5 Å². The molecule has 1 rings (SSSR count). The van der Waals surface area contributed by atoms with Crippen molar-refractivity contribution in [2.45, 2.75) is 12.8 Å². The van der Waals surface area contributed by atoms with Crippen molar-refractivity contribution in [3.63, 3.8) is 0 Å². The quantitative estimate of drug-likeness (QED) is 0.712. The van der Waals surface area contributed by atoms with E-state index < -0.39 is 5.92 Å². The molecule has 1 aromatic rings. The van der Waals surface area contributed by atoms with Crippen LogP contribution < -0.4 is 4.74 Å². The van der Waals surface area contributed by atoms with Crippen LogP contribution in [-0.2, 0) is 0 Å². The maximum absolute atomic E-state index is 8.76. The van der Waals surface area contributed by atoms with E-state index in [2.05, 4.69) is 16.0 Å². The molecule has 0 fully saturated rings. The van der Waals surface area contributed by atoms with Crippen LogP contribution in [0.15, 0.2) is 12.4 Å². The molecular weight excluding hydrogens is 202 g/mol. The van der Waals surface area contributed by atoms with Gasteiger partial charge in [0.2, 0.25) is 5.88 Å².